The molecule has 4 heterocycles. The molecule has 0 unspecified atom stereocenters. The van der Waals surface area contributed by atoms with Gasteiger partial charge in [0.05, 0.1) is 30.9 Å². The van der Waals surface area contributed by atoms with Crippen LogP contribution in [0.15, 0.2) is 36.8 Å². The molecule has 3 aromatic heterocycles. The zero-order valence-electron chi connectivity index (χ0n) is 15.3. The average Bonchev–Trinajstić information content (AvgIpc) is 3.34. The lowest BCUT2D eigenvalue weighted by Crippen LogP contribution is -2.47. The van der Waals surface area contributed by atoms with Crippen molar-refractivity contribution in [1.82, 2.24) is 35.0 Å². The number of hydrogen-bond acceptors (Lipinski definition) is 6. The first-order chi connectivity index (χ1) is 13.2. The van der Waals surface area contributed by atoms with E-state index in [1.54, 1.807) is 46.0 Å². The summed E-state index contributed by atoms with van der Waals surface area (Å²) in [6.45, 7) is 1.47. The smallest absolute Gasteiger partial charge is 0.288 e. The van der Waals surface area contributed by atoms with Gasteiger partial charge in [0.25, 0.3) is 5.91 Å². The van der Waals surface area contributed by atoms with Gasteiger partial charge in [-0.25, -0.2) is 15.1 Å². The van der Waals surface area contributed by atoms with Crippen LogP contribution in [0.3, 0.4) is 0 Å². The number of aryl methyl sites for hydroxylation is 1. The highest BCUT2D eigenvalue weighted by Crippen LogP contribution is 2.24. The monoisotopic (exact) mass is 367 g/mol. The minimum absolute atomic E-state index is 0.139. The fourth-order valence-electron chi connectivity index (χ4n) is 3.06. The van der Waals surface area contributed by atoms with Crippen molar-refractivity contribution in [2.75, 3.05) is 20.2 Å². The number of carbonyl (C=O) groups is 1. The molecule has 0 radical (unpaired) electrons. The molecule has 0 spiro atoms. The first kappa shape index (κ1) is 17.2. The lowest BCUT2D eigenvalue weighted by Gasteiger charge is -2.26. The molecule has 1 fully saturated rings. The van der Waals surface area contributed by atoms with Crippen LogP contribution in [0.4, 0.5) is 0 Å². The number of amides is 1. The van der Waals surface area contributed by atoms with Crippen LogP contribution in [0.2, 0.25) is 0 Å². The summed E-state index contributed by atoms with van der Waals surface area (Å²) < 4.78 is 8.55. The molecular weight excluding hydrogens is 346 g/mol. The van der Waals surface area contributed by atoms with E-state index in [2.05, 4.69) is 20.6 Å². The molecule has 0 aromatic carbocycles. The number of hydrazine groups is 1. The normalized spacial score (nSPS) is 14.4. The van der Waals surface area contributed by atoms with Gasteiger partial charge in [0.15, 0.2) is 5.69 Å². The molecule has 9 heteroatoms. The fraction of sp³-hybridized carbons (Fsp3) is 0.333. The van der Waals surface area contributed by atoms with Crippen molar-refractivity contribution in [3.05, 3.63) is 42.5 Å². The second-order valence-electron chi connectivity index (χ2n) is 6.36. The molecule has 27 heavy (non-hydrogen) atoms. The maximum Gasteiger partial charge on any atom is 0.288 e. The average molecular weight is 367 g/mol. The van der Waals surface area contributed by atoms with Crippen molar-refractivity contribution in [3.8, 4) is 22.8 Å². The van der Waals surface area contributed by atoms with Gasteiger partial charge >= 0.3 is 0 Å². The molecule has 0 aliphatic carbocycles. The summed E-state index contributed by atoms with van der Waals surface area (Å²) >= 11 is 0. The van der Waals surface area contributed by atoms with Gasteiger partial charge in [-0.1, -0.05) is 0 Å². The van der Waals surface area contributed by atoms with Gasteiger partial charge in [0.2, 0.25) is 5.88 Å². The molecule has 1 saturated heterocycles. The first-order valence-electron chi connectivity index (χ1n) is 8.80. The Morgan fingerprint density at radius 3 is 2.78 bits per heavy atom. The molecule has 1 N–H and O–H groups in total. The number of carbonyl (C=O) groups excluding carboxylic acids is 1. The number of ether oxygens (including phenoxy) is 1. The minimum atomic E-state index is -0.139. The lowest BCUT2D eigenvalue weighted by atomic mass is 10.2. The van der Waals surface area contributed by atoms with E-state index in [1.807, 2.05) is 19.3 Å². The number of methoxy groups -OCH3 is 1. The van der Waals surface area contributed by atoms with Crippen molar-refractivity contribution < 1.29 is 9.53 Å². The Bertz CT molecular complexity index is 939. The molecule has 0 bridgehead atoms. The predicted octanol–water partition coefficient (Wildman–Crippen LogP) is 1.42. The molecule has 0 atom stereocenters. The highest BCUT2D eigenvalue weighted by Gasteiger charge is 2.23. The van der Waals surface area contributed by atoms with Crippen LogP contribution in [0.25, 0.3) is 16.9 Å². The van der Waals surface area contributed by atoms with Crippen LogP contribution in [0.5, 0.6) is 5.88 Å². The van der Waals surface area contributed by atoms with Gasteiger partial charge < -0.3 is 4.74 Å². The third-order valence-corrected chi connectivity index (χ3v) is 4.46. The summed E-state index contributed by atoms with van der Waals surface area (Å²) in [6.07, 6.45) is 7.35. The van der Waals surface area contributed by atoms with Crippen molar-refractivity contribution in [3.63, 3.8) is 0 Å². The number of hydrogen-bond donors (Lipinski definition) is 1. The Labute approximate surface area is 156 Å². The predicted molar refractivity (Wildman–Crippen MR) is 98.4 cm³/mol. The van der Waals surface area contributed by atoms with E-state index >= 15 is 0 Å². The van der Waals surface area contributed by atoms with Gasteiger partial charge in [-0.3, -0.25) is 14.5 Å². The molecule has 1 amide bonds. The van der Waals surface area contributed by atoms with Gasteiger partial charge in [0.1, 0.15) is 0 Å². The third kappa shape index (κ3) is 3.41. The Morgan fingerprint density at radius 2 is 2.15 bits per heavy atom. The highest BCUT2D eigenvalue weighted by molar-refractivity contribution is 5.93. The van der Waals surface area contributed by atoms with Gasteiger partial charge in [-0.15, -0.1) is 0 Å². The van der Waals surface area contributed by atoms with E-state index in [9.17, 15) is 4.79 Å². The Hall–Kier alpha value is -3.20. The number of nitrogens with one attached hydrogen (secondary N) is 1. The van der Waals surface area contributed by atoms with Crippen molar-refractivity contribution in [2.45, 2.75) is 12.8 Å². The SMILES string of the molecule is COc1ccc(-n2nc(C(=O)N3CCCCN3)cc2-c2cnn(C)c2)cn1. The van der Waals surface area contributed by atoms with Crippen LogP contribution < -0.4 is 10.2 Å². The first-order valence-corrected chi connectivity index (χ1v) is 8.80. The maximum atomic E-state index is 12.9. The molecule has 140 valence electrons. The van der Waals surface area contributed by atoms with Crippen molar-refractivity contribution in [2.24, 2.45) is 7.05 Å². The van der Waals surface area contributed by atoms with Crippen LogP contribution in [0, 0.1) is 0 Å². The highest BCUT2D eigenvalue weighted by atomic mass is 16.5. The Kier molecular flexibility index (Phi) is 4.59. The molecule has 9 nitrogen and oxygen atoms in total. The molecule has 0 saturated carbocycles. The zero-order chi connectivity index (χ0) is 18.8. The quantitative estimate of drug-likeness (QED) is 0.750. The van der Waals surface area contributed by atoms with Gasteiger partial charge in [-0.2, -0.15) is 10.2 Å². The second kappa shape index (κ2) is 7.20. The number of aromatic nitrogens is 5. The summed E-state index contributed by atoms with van der Waals surface area (Å²) in [5.74, 6) is 0.378. The molecule has 1 aliphatic heterocycles. The second-order valence-corrected chi connectivity index (χ2v) is 6.36. The van der Waals surface area contributed by atoms with E-state index in [0.29, 0.717) is 18.1 Å². The summed E-state index contributed by atoms with van der Waals surface area (Å²) in [5.41, 5.74) is 5.89. The van der Waals surface area contributed by atoms with Crippen LogP contribution in [-0.4, -0.2) is 55.7 Å². The molecule has 3 aromatic rings. The maximum absolute atomic E-state index is 12.9. The van der Waals surface area contributed by atoms with Gasteiger partial charge in [0, 0.05) is 38.0 Å². The van der Waals surface area contributed by atoms with E-state index < -0.39 is 0 Å². The zero-order valence-corrected chi connectivity index (χ0v) is 15.3. The lowest BCUT2D eigenvalue weighted by molar-refractivity contribution is 0.0604. The fourth-order valence-corrected chi connectivity index (χ4v) is 3.06. The van der Waals surface area contributed by atoms with Crippen LogP contribution in [-0.2, 0) is 7.05 Å². The summed E-state index contributed by atoms with van der Waals surface area (Å²) in [7, 11) is 3.42. The van der Waals surface area contributed by atoms with Crippen LogP contribution >= 0.6 is 0 Å². The largest absolute Gasteiger partial charge is 0.481 e. The minimum Gasteiger partial charge on any atom is -0.481 e. The van der Waals surface area contributed by atoms with E-state index in [0.717, 1.165) is 36.3 Å². The Balaban J connectivity index is 1.75. The number of pyridine rings is 1. The number of rotatable bonds is 4. The molecule has 4 rings (SSSR count). The number of nitrogens with zero attached hydrogens (tertiary/aromatic N) is 6. The summed E-state index contributed by atoms with van der Waals surface area (Å²) in [6, 6.07) is 5.41. The Morgan fingerprint density at radius 1 is 1.26 bits per heavy atom. The van der Waals surface area contributed by atoms with E-state index in [4.69, 9.17) is 4.74 Å². The summed E-state index contributed by atoms with van der Waals surface area (Å²) in [4.78, 5) is 17.1. The van der Waals surface area contributed by atoms with E-state index in [-0.39, 0.29) is 5.91 Å². The summed E-state index contributed by atoms with van der Waals surface area (Å²) in [5, 5.41) is 10.4. The third-order valence-electron chi connectivity index (χ3n) is 4.46. The van der Waals surface area contributed by atoms with E-state index in [1.165, 1.54) is 0 Å². The standard InChI is InChI=1S/C18H21N7O2/c1-23-12-13(10-21-23)16-9-15(18(26)24-8-4-3-7-20-24)22-25(16)14-5-6-17(27-2)19-11-14/h5-6,9-12,20H,3-4,7-8H2,1-2H3. The molecular formula is C18H21N7O2. The van der Waals surface area contributed by atoms with Gasteiger partial charge in [-0.05, 0) is 25.0 Å². The van der Waals surface area contributed by atoms with Crippen molar-refractivity contribution in [1.29, 1.82) is 0 Å². The van der Waals surface area contributed by atoms with Crippen LogP contribution in [0.1, 0.15) is 23.3 Å². The van der Waals surface area contributed by atoms with Crippen molar-refractivity contribution >= 4 is 5.91 Å². The topological polar surface area (TPSA) is 90.1 Å². The molecule has 1 aliphatic rings.